The number of rotatable bonds is 6. The van der Waals surface area contributed by atoms with E-state index in [-0.39, 0.29) is 78.5 Å². The zero-order chi connectivity index (χ0) is 20.3. The maximum Gasteiger partial charge on any atom is 2.00 e. The molecule has 0 heterocycles. The Bertz CT molecular complexity index is 1020. The van der Waals surface area contributed by atoms with Gasteiger partial charge in [0.25, 0.3) is 0 Å². The molecule has 2 N–H and O–H groups in total. The fourth-order valence-electron chi connectivity index (χ4n) is 3.09. The summed E-state index contributed by atoms with van der Waals surface area (Å²) in [6.07, 6.45) is 0. The van der Waals surface area contributed by atoms with Gasteiger partial charge in [-0.2, -0.15) is 0 Å². The predicted molar refractivity (Wildman–Crippen MR) is 109 cm³/mol. The van der Waals surface area contributed by atoms with Crippen molar-refractivity contribution in [3.05, 3.63) is 60.7 Å². The number of benzene rings is 3. The van der Waals surface area contributed by atoms with Crippen LogP contribution >= 0.6 is 7.60 Å². The van der Waals surface area contributed by atoms with E-state index < -0.39 is 7.60 Å². The van der Waals surface area contributed by atoms with Crippen molar-refractivity contribution in [1.29, 1.82) is 0 Å². The molecule has 162 valence electrons. The molecule has 0 unspecified atom stereocenters. The summed E-state index contributed by atoms with van der Waals surface area (Å²) in [5.41, 5.74) is 2.53. The van der Waals surface area contributed by atoms with Gasteiger partial charge in [0, 0.05) is 5.56 Å². The number of halogens is 2. The number of hydrogen-bond donors (Lipinski definition) is 2. The summed E-state index contributed by atoms with van der Waals surface area (Å²) in [5, 5.41) is -0.145. The minimum Gasteiger partial charge on any atom is -1.00 e. The van der Waals surface area contributed by atoms with Crippen LogP contribution in [0.1, 0.15) is 0 Å². The largest absolute Gasteiger partial charge is 2.00 e. The SMILES string of the molecule is COc1ccc(-c2ccc(OC)c(P(=O)(O)O)c2-c2ccc(OC)cc2)cc1.[I-].[I-].[Zn+2]. The van der Waals surface area contributed by atoms with Crippen LogP contribution in [0.5, 0.6) is 17.2 Å². The van der Waals surface area contributed by atoms with Crippen molar-refractivity contribution in [2.75, 3.05) is 21.3 Å². The minimum atomic E-state index is -4.64. The number of ether oxygens (including phenoxy) is 3. The van der Waals surface area contributed by atoms with Gasteiger partial charge < -0.3 is 72.0 Å². The smallest absolute Gasteiger partial charge is 1.00 e. The first-order chi connectivity index (χ1) is 13.4. The van der Waals surface area contributed by atoms with Gasteiger partial charge in [0.2, 0.25) is 0 Å². The second-order valence-electron chi connectivity index (χ2n) is 6.04. The standard InChI is InChI=1S/C21H21O6P.2HI.Zn/c1-25-16-8-4-14(5-9-16)18-12-13-19(27-3)21(28(22,23)24)20(18)15-6-10-17(26-2)11-7-15;;;/h4-13H,1-3H3,(H2,22,23,24);2*1H;/q;;;+2/p-2. The molecule has 0 spiro atoms. The molecule has 0 bridgehead atoms. The first kappa shape index (κ1) is 30.3. The van der Waals surface area contributed by atoms with Gasteiger partial charge in [-0.25, -0.2) is 0 Å². The summed E-state index contributed by atoms with van der Waals surface area (Å²) < 4.78 is 28.1. The Morgan fingerprint density at radius 1 is 0.677 bits per heavy atom. The van der Waals surface area contributed by atoms with Crippen molar-refractivity contribution in [3.8, 4) is 39.5 Å². The predicted octanol–water partition coefficient (Wildman–Crippen LogP) is -2.15. The van der Waals surface area contributed by atoms with Crippen LogP contribution < -0.4 is 67.5 Å². The molecule has 0 saturated heterocycles. The van der Waals surface area contributed by atoms with Crippen molar-refractivity contribution in [2.24, 2.45) is 0 Å². The van der Waals surface area contributed by atoms with Crippen LogP contribution in [0.4, 0.5) is 0 Å². The van der Waals surface area contributed by atoms with Crippen LogP contribution in [0.2, 0.25) is 0 Å². The summed E-state index contributed by atoms with van der Waals surface area (Å²) in [6, 6.07) is 17.7. The summed E-state index contributed by atoms with van der Waals surface area (Å²) in [5.74, 6) is 1.48. The molecule has 0 aliphatic heterocycles. The van der Waals surface area contributed by atoms with Crippen molar-refractivity contribution >= 4 is 12.9 Å². The fraction of sp³-hybridized carbons (Fsp3) is 0.143. The van der Waals surface area contributed by atoms with Crippen LogP contribution in [0.3, 0.4) is 0 Å². The van der Waals surface area contributed by atoms with Gasteiger partial charge in [0.15, 0.2) is 0 Å². The molecule has 3 rings (SSSR count). The van der Waals surface area contributed by atoms with Gasteiger partial charge in [-0.15, -0.1) is 0 Å². The van der Waals surface area contributed by atoms with Crippen LogP contribution in [0.25, 0.3) is 22.3 Å². The van der Waals surface area contributed by atoms with Crippen molar-refractivity contribution in [2.45, 2.75) is 0 Å². The van der Waals surface area contributed by atoms with Gasteiger partial charge in [-0.1, -0.05) is 30.3 Å². The van der Waals surface area contributed by atoms with E-state index in [1.807, 2.05) is 12.1 Å². The topological polar surface area (TPSA) is 85.2 Å². The van der Waals surface area contributed by atoms with Crippen molar-refractivity contribution in [3.63, 3.8) is 0 Å². The molecule has 0 saturated carbocycles. The van der Waals surface area contributed by atoms with Gasteiger partial charge in [0.1, 0.15) is 22.6 Å². The van der Waals surface area contributed by atoms with Crippen LogP contribution in [-0.2, 0) is 24.0 Å². The van der Waals surface area contributed by atoms with Gasteiger partial charge in [0.05, 0.1) is 21.3 Å². The zero-order valence-corrected chi connectivity index (χ0v) is 25.4. The zero-order valence-electron chi connectivity index (χ0n) is 17.2. The Labute approximate surface area is 228 Å². The average Bonchev–Trinajstić information content (AvgIpc) is 2.72. The van der Waals surface area contributed by atoms with E-state index in [4.69, 9.17) is 14.2 Å². The first-order valence-electron chi connectivity index (χ1n) is 8.45. The Morgan fingerprint density at radius 3 is 1.52 bits per heavy atom. The van der Waals surface area contributed by atoms with Crippen LogP contribution in [0, 0.1) is 0 Å². The third kappa shape index (κ3) is 6.89. The number of methoxy groups -OCH3 is 3. The van der Waals surface area contributed by atoms with E-state index in [0.29, 0.717) is 28.2 Å². The summed E-state index contributed by atoms with van der Waals surface area (Å²) in [6.45, 7) is 0. The van der Waals surface area contributed by atoms with E-state index in [2.05, 4.69) is 0 Å². The van der Waals surface area contributed by atoms with E-state index in [1.165, 1.54) is 7.11 Å². The Balaban J connectivity index is 0.00000300. The molecule has 31 heavy (non-hydrogen) atoms. The minimum absolute atomic E-state index is 0. The Morgan fingerprint density at radius 2 is 1.13 bits per heavy atom. The molecule has 3 aromatic rings. The van der Waals surface area contributed by atoms with Crippen LogP contribution in [-0.4, -0.2) is 31.1 Å². The molecular formula is C21H21I2O6PZn. The van der Waals surface area contributed by atoms with E-state index in [9.17, 15) is 14.4 Å². The van der Waals surface area contributed by atoms with Crippen molar-refractivity contribution < 1.29 is 96.0 Å². The molecule has 0 fully saturated rings. The molecule has 0 amide bonds. The summed E-state index contributed by atoms with van der Waals surface area (Å²) in [7, 11) is -0.109. The molecule has 0 radical (unpaired) electrons. The van der Waals surface area contributed by atoms with Gasteiger partial charge in [-0.05, 0) is 47.0 Å². The van der Waals surface area contributed by atoms with Gasteiger partial charge in [-0.3, -0.25) is 4.57 Å². The molecule has 0 atom stereocenters. The van der Waals surface area contributed by atoms with E-state index >= 15 is 0 Å². The maximum absolute atomic E-state index is 12.4. The fourth-order valence-corrected chi connectivity index (χ4v) is 4.08. The molecule has 10 heteroatoms. The normalized spacial score (nSPS) is 10.1. The third-order valence-electron chi connectivity index (χ3n) is 4.43. The first-order valence-corrected chi connectivity index (χ1v) is 10.1. The van der Waals surface area contributed by atoms with E-state index in [1.54, 1.807) is 62.8 Å². The monoisotopic (exact) mass is 718 g/mol. The molecule has 0 aromatic heterocycles. The molecule has 3 aromatic carbocycles. The quantitative estimate of drug-likeness (QED) is 0.172. The molecule has 6 nitrogen and oxygen atoms in total. The Kier molecular flexibility index (Phi) is 12.8. The molecular weight excluding hydrogens is 698 g/mol. The maximum atomic E-state index is 12.4. The molecule has 0 aliphatic rings. The second kappa shape index (κ2) is 13.1. The Hall–Kier alpha value is -0.707. The summed E-state index contributed by atoms with van der Waals surface area (Å²) in [4.78, 5) is 20.2. The number of hydrogen-bond acceptors (Lipinski definition) is 4. The van der Waals surface area contributed by atoms with Crippen molar-refractivity contribution in [1.82, 2.24) is 0 Å². The summed E-state index contributed by atoms with van der Waals surface area (Å²) >= 11 is 0. The molecule has 0 aliphatic carbocycles. The van der Waals surface area contributed by atoms with Crippen LogP contribution in [0.15, 0.2) is 60.7 Å². The van der Waals surface area contributed by atoms with Gasteiger partial charge >= 0.3 is 27.1 Å². The van der Waals surface area contributed by atoms with E-state index in [0.717, 1.165) is 5.56 Å². The second-order valence-corrected chi connectivity index (χ2v) is 7.58. The third-order valence-corrected chi connectivity index (χ3v) is 5.46. The average molecular weight is 720 g/mol.